The first kappa shape index (κ1) is 15.1. The number of ketones is 1. The number of fused-ring (bicyclic) bond motifs is 2. The zero-order valence-electron chi connectivity index (χ0n) is 13.3. The third kappa shape index (κ3) is 2.67. The summed E-state index contributed by atoms with van der Waals surface area (Å²) in [5.74, 6) is 0.107. The number of nitrogens with zero attached hydrogens (tertiary/aromatic N) is 3. The van der Waals surface area contributed by atoms with Gasteiger partial charge in [-0.3, -0.25) is 4.79 Å². The van der Waals surface area contributed by atoms with Gasteiger partial charge in [0.2, 0.25) is 6.79 Å². The van der Waals surface area contributed by atoms with E-state index in [9.17, 15) is 9.59 Å². The summed E-state index contributed by atoms with van der Waals surface area (Å²) in [5.41, 5.74) is 1.51. The summed E-state index contributed by atoms with van der Waals surface area (Å²) in [6, 6.07) is 6.53. The molecule has 0 atom stereocenters. The average molecular weight is 339 g/mol. The molecule has 0 radical (unpaired) electrons. The predicted octanol–water partition coefficient (Wildman–Crippen LogP) is 1.81. The van der Waals surface area contributed by atoms with Crippen LogP contribution in [0.2, 0.25) is 0 Å². The van der Waals surface area contributed by atoms with Crippen LogP contribution in [0.3, 0.4) is 0 Å². The van der Waals surface area contributed by atoms with Gasteiger partial charge in [0.25, 0.3) is 0 Å². The van der Waals surface area contributed by atoms with Crippen LogP contribution in [0, 0.1) is 6.92 Å². The zero-order valence-corrected chi connectivity index (χ0v) is 13.3. The number of Topliss-reactive ketones (excluding diaryl/α,β-unsaturated/α-hetero) is 1. The Hall–Kier alpha value is -3.42. The Kier molecular flexibility index (Phi) is 3.57. The van der Waals surface area contributed by atoms with Crippen molar-refractivity contribution in [2.24, 2.45) is 0 Å². The molecule has 8 heteroatoms. The molecule has 3 heterocycles. The number of hydrogen-bond donors (Lipinski definition) is 0. The van der Waals surface area contributed by atoms with Gasteiger partial charge in [-0.25, -0.2) is 14.3 Å². The van der Waals surface area contributed by atoms with Crippen molar-refractivity contribution < 1.29 is 23.8 Å². The highest BCUT2D eigenvalue weighted by atomic mass is 16.7. The predicted molar refractivity (Wildman–Crippen MR) is 84.9 cm³/mol. The topological polar surface area (TPSA) is 92.0 Å². The molecule has 1 aliphatic rings. The van der Waals surface area contributed by atoms with Crippen LogP contribution < -0.4 is 9.47 Å². The standard InChI is InChI=1S/C17H13N3O5/c1-10-15(16-18-5-2-6-20(16)19-10)17(22)23-8-12(21)11-3-4-13-14(7-11)25-9-24-13/h2-7H,8-9H2,1H3. The van der Waals surface area contributed by atoms with Gasteiger partial charge in [0.05, 0.1) is 5.69 Å². The third-order valence-electron chi connectivity index (χ3n) is 3.80. The van der Waals surface area contributed by atoms with E-state index in [-0.39, 0.29) is 24.7 Å². The number of rotatable bonds is 4. The lowest BCUT2D eigenvalue weighted by molar-refractivity contribution is 0.0475. The zero-order chi connectivity index (χ0) is 17.4. The number of aromatic nitrogens is 3. The van der Waals surface area contributed by atoms with Crippen LogP contribution in [0.1, 0.15) is 26.4 Å². The van der Waals surface area contributed by atoms with E-state index in [1.54, 1.807) is 43.6 Å². The molecular formula is C17H13N3O5. The van der Waals surface area contributed by atoms with Gasteiger partial charge in [-0.15, -0.1) is 0 Å². The summed E-state index contributed by atoms with van der Waals surface area (Å²) in [5, 5.41) is 4.20. The molecule has 0 saturated heterocycles. The highest BCUT2D eigenvalue weighted by Gasteiger charge is 2.21. The molecule has 0 N–H and O–H groups in total. The normalized spacial score (nSPS) is 12.4. The highest BCUT2D eigenvalue weighted by Crippen LogP contribution is 2.32. The van der Waals surface area contributed by atoms with E-state index in [0.29, 0.717) is 28.4 Å². The minimum atomic E-state index is -0.639. The maximum atomic E-state index is 12.4. The number of carbonyl (C=O) groups excluding carboxylic acids is 2. The van der Waals surface area contributed by atoms with Gasteiger partial charge in [0.1, 0.15) is 5.56 Å². The van der Waals surface area contributed by atoms with Gasteiger partial charge in [0, 0.05) is 18.0 Å². The lowest BCUT2D eigenvalue weighted by Gasteiger charge is -2.05. The Morgan fingerprint density at radius 1 is 1.28 bits per heavy atom. The molecule has 3 aromatic rings. The van der Waals surface area contributed by atoms with Crippen molar-refractivity contribution in [3.05, 3.63) is 53.5 Å². The first-order valence-electron chi connectivity index (χ1n) is 7.53. The van der Waals surface area contributed by atoms with Gasteiger partial charge in [-0.05, 0) is 31.2 Å². The molecule has 0 unspecified atom stereocenters. The van der Waals surface area contributed by atoms with Crippen LogP contribution in [0.25, 0.3) is 5.65 Å². The lowest BCUT2D eigenvalue weighted by atomic mass is 10.1. The van der Waals surface area contributed by atoms with Gasteiger partial charge in [-0.2, -0.15) is 5.10 Å². The van der Waals surface area contributed by atoms with Crippen molar-refractivity contribution in [1.82, 2.24) is 14.6 Å². The number of carbonyl (C=O) groups is 2. The monoisotopic (exact) mass is 339 g/mol. The molecule has 1 aromatic carbocycles. The van der Waals surface area contributed by atoms with Crippen molar-refractivity contribution in [1.29, 1.82) is 0 Å². The molecule has 0 amide bonds. The van der Waals surface area contributed by atoms with Crippen LogP contribution in [-0.2, 0) is 4.74 Å². The largest absolute Gasteiger partial charge is 0.454 e. The van der Waals surface area contributed by atoms with Crippen molar-refractivity contribution in [2.75, 3.05) is 13.4 Å². The van der Waals surface area contributed by atoms with E-state index < -0.39 is 5.97 Å². The van der Waals surface area contributed by atoms with Gasteiger partial charge >= 0.3 is 5.97 Å². The lowest BCUT2D eigenvalue weighted by Crippen LogP contribution is -2.15. The van der Waals surface area contributed by atoms with Crippen molar-refractivity contribution in [3.8, 4) is 11.5 Å². The number of esters is 1. The van der Waals surface area contributed by atoms with Crippen LogP contribution in [-0.4, -0.2) is 39.8 Å². The van der Waals surface area contributed by atoms with Gasteiger partial charge in [0.15, 0.2) is 29.5 Å². The molecule has 0 bridgehead atoms. The molecule has 4 rings (SSSR count). The Morgan fingerprint density at radius 3 is 3.00 bits per heavy atom. The summed E-state index contributed by atoms with van der Waals surface area (Å²) < 4.78 is 17.1. The molecule has 2 aromatic heterocycles. The smallest absolute Gasteiger partial charge is 0.344 e. The molecule has 1 aliphatic heterocycles. The maximum Gasteiger partial charge on any atom is 0.344 e. The van der Waals surface area contributed by atoms with E-state index in [4.69, 9.17) is 14.2 Å². The number of ether oxygens (including phenoxy) is 3. The van der Waals surface area contributed by atoms with Crippen LogP contribution >= 0.6 is 0 Å². The fourth-order valence-corrected chi connectivity index (χ4v) is 2.59. The molecule has 0 fully saturated rings. The fraction of sp³-hybridized carbons (Fsp3) is 0.176. The summed E-state index contributed by atoms with van der Waals surface area (Å²) in [6.45, 7) is 1.43. The SMILES string of the molecule is Cc1nn2cccnc2c1C(=O)OCC(=O)c1ccc2c(c1)OCO2. The minimum absolute atomic E-state index is 0.128. The fourth-order valence-electron chi connectivity index (χ4n) is 2.59. The summed E-state index contributed by atoms with van der Waals surface area (Å²) in [6.07, 6.45) is 3.24. The third-order valence-corrected chi connectivity index (χ3v) is 3.80. The van der Waals surface area contributed by atoms with Crippen molar-refractivity contribution >= 4 is 17.4 Å². The molecular weight excluding hydrogens is 326 g/mol. The maximum absolute atomic E-state index is 12.4. The second kappa shape index (κ2) is 5.90. The summed E-state index contributed by atoms with van der Waals surface area (Å²) in [4.78, 5) is 28.7. The van der Waals surface area contributed by atoms with E-state index in [1.165, 1.54) is 4.52 Å². The molecule has 126 valence electrons. The first-order valence-corrected chi connectivity index (χ1v) is 7.53. The van der Waals surface area contributed by atoms with Gasteiger partial charge in [-0.1, -0.05) is 0 Å². The van der Waals surface area contributed by atoms with Crippen LogP contribution in [0.4, 0.5) is 0 Å². The van der Waals surface area contributed by atoms with Crippen molar-refractivity contribution in [2.45, 2.75) is 6.92 Å². The van der Waals surface area contributed by atoms with E-state index >= 15 is 0 Å². The van der Waals surface area contributed by atoms with Gasteiger partial charge < -0.3 is 14.2 Å². The number of hydrogen-bond acceptors (Lipinski definition) is 7. The Morgan fingerprint density at radius 2 is 2.12 bits per heavy atom. The highest BCUT2D eigenvalue weighted by molar-refractivity contribution is 6.01. The van der Waals surface area contributed by atoms with E-state index in [1.807, 2.05) is 0 Å². The molecule has 0 saturated carbocycles. The number of aryl methyl sites for hydroxylation is 1. The van der Waals surface area contributed by atoms with E-state index in [2.05, 4.69) is 10.1 Å². The quantitative estimate of drug-likeness (QED) is 0.529. The molecule has 0 spiro atoms. The second-order valence-electron chi connectivity index (χ2n) is 5.42. The Balaban J connectivity index is 1.50. The average Bonchev–Trinajstić information content (AvgIpc) is 3.21. The van der Waals surface area contributed by atoms with Crippen molar-refractivity contribution in [3.63, 3.8) is 0 Å². The second-order valence-corrected chi connectivity index (χ2v) is 5.42. The number of benzene rings is 1. The molecule has 0 aliphatic carbocycles. The summed E-state index contributed by atoms with van der Waals surface area (Å²) in [7, 11) is 0. The van der Waals surface area contributed by atoms with Crippen LogP contribution in [0.5, 0.6) is 11.5 Å². The summed E-state index contributed by atoms with van der Waals surface area (Å²) >= 11 is 0. The molecule has 8 nitrogen and oxygen atoms in total. The Bertz CT molecular complexity index is 995. The van der Waals surface area contributed by atoms with Crippen LogP contribution in [0.15, 0.2) is 36.7 Å². The minimum Gasteiger partial charge on any atom is -0.454 e. The Labute approximate surface area is 141 Å². The first-order chi connectivity index (χ1) is 12.1. The molecule has 25 heavy (non-hydrogen) atoms. The van der Waals surface area contributed by atoms with E-state index in [0.717, 1.165) is 0 Å².